The lowest BCUT2D eigenvalue weighted by atomic mass is 10.2. The summed E-state index contributed by atoms with van der Waals surface area (Å²) in [5.41, 5.74) is 0. The molecule has 0 aliphatic carbocycles. The Balaban J connectivity index is 3.62. The van der Waals surface area contributed by atoms with Crippen LogP contribution in [0.25, 0.3) is 0 Å². The highest BCUT2D eigenvalue weighted by Gasteiger charge is 2.22. The van der Waals surface area contributed by atoms with Gasteiger partial charge in [0.25, 0.3) is 0 Å². The molecule has 0 fully saturated rings. The lowest BCUT2D eigenvalue weighted by molar-refractivity contribution is -0.202. The van der Waals surface area contributed by atoms with Gasteiger partial charge in [0.2, 0.25) is 5.79 Å². The molecular weight excluding hydrogens is 200 g/mol. The SMILES string of the molecule is CCC(C)(O)OC(=O)CCCCC(=O)O. The maximum absolute atomic E-state index is 11.1. The maximum atomic E-state index is 11.1. The summed E-state index contributed by atoms with van der Waals surface area (Å²) >= 11 is 0. The Bertz CT molecular complexity index is 222. The highest BCUT2D eigenvalue weighted by atomic mass is 16.7. The van der Waals surface area contributed by atoms with Gasteiger partial charge in [0.1, 0.15) is 0 Å². The Labute approximate surface area is 89.0 Å². The van der Waals surface area contributed by atoms with Gasteiger partial charge in [0.05, 0.1) is 0 Å². The molecule has 0 saturated heterocycles. The number of carbonyl (C=O) groups is 2. The smallest absolute Gasteiger partial charge is 0.308 e. The van der Waals surface area contributed by atoms with Crippen molar-refractivity contribution in [2.45, 2.75) is 51.7 Å². The molecule has 0 heterocycles. The van der Waals surface area contributed by atoms with Crippen LogP contribution in [-0.2, 0) is 14.3 Å². The molecule has 0 aromatic carbocycles. The standard InChI is InChI=1S/C10H18O5/c1-3-10(2,14)15-9(13)7-5-4-6-8(11)12/h14H,3-7H2,1-2H3,(H,11,12). The van der Waals surface area contributed by atoms with E-state index in [0.29, 0.717) is 19.3 Å². The van der Waals surface area contributed by atoms with E-state index in [1.807, 2.05) is 0 Å². The summed E-state index contributed by atoms with van der Waals surface area (Å²) in [6.07, 6.45) is 1.43. The molecule has 0 aliphatic rings. The first kappa shape index (κ1) is 13.9. The van der Waals surface area contributed by atoms with Gasteiger partial charge in [-0.2, -0.15) is 0 Å². The van der Waals surface area contributed by atoms with Crippen LogP contribution < -0.4 is 0 Å². The Kier molecular flexibility index (Phi) is 5.93. The van der Waals surface area contributed by atoms with Crippen LogP contribution in [0.2, 0.25) is 0 Å². The molecule has 1 unspecified atom stereocenters. The lowest BCUT2D eigenvalue weighted by Crippen LogP contribution is -2.30. The fourth-order valence-electron chi connectivity index (χ4n) is 0.914. The topological polar surface area (TPSA) is 83.8 Å². The molecule has 2 N–H and O–H groups in total. The van der Waals surface area contributed by atoms with Crippen LogP contribution in [0.3, 0.4) is 0 Å². The third kappa shape index (κ3) is 7.93. The second-order valence-corrected chi connectivity index (χ2v) is 3.60. The normalized spacial score (nSPS) is 14.3. The van der Waals surface area contributed by atoms with E-state index in [0.717, 1.165) is 0 Å². The average molecular weight is 218 g/mol. The largest absolute Gasteiger partial charge is 0.481 e. The third-order valence-corrected chi connectivity index (χ3v) is 2.01. The summed E-state index contributed by atoms with van der Waals surface area (Å²) < 4.78 is 4.76. The highest BCUT2D eigenvalue weighted by molar-refractivity contribution is 5.70. The van der Waals surface area contributed by atoms with Gasteiger partial charge in [-0.25, -0.2) is 0 Å². The molecule has 0 radical (unpaired) electrons. The van der Waals surface area contributed by atoms with Gasteiger partial charge in [-0.15, -0.1) is 0 Å². The zero-order valence-corrected chi connectivity index (χ0v) is 9.15. The molecule has 15 heavy (non-hydrogen) atoms. The summed E-state index contributed by atoms with van der Waals surface area (Å²) in [5.74, 6) is -2.78. The van der Waals surface area contributed by atoms with E-state index in [4.69, 9.17) is 9.84 Å². The van der Waals surface area contributed by atoms with E-state index in [-0.39, 0.29) is 12.8 Å². The third-order valence-electron chi connectivity index (χ3n) is 2.01. The molecule has 88 valence electrons. The van der Waals surface area contributed by atoms with Gasteiger partial charge in [0, 0.05) is 26.2 Å². The van der Waals surface area contributed by atoms with Crippen LogP contribution in [0.15, 0.2) is 0 Å². The first-order valence-electron chi connectivity index (χ1n) is 5.03. The van der Waals surface area contributed by atoms with Crippen LogP contribution in [0.5, 0.6) is 0 Å². The van der Waals surface area contributed by atoms with Crippen molar-refractivity contribution in [1.82, 2.24) is 0 Å². The second-order valence-electron chi connectivity index (χ2n) is 3.60. The lowest BCUT2D eigenvalue weighted by Gasteiger charge is -2.21. The predicted molar refractivity (Wildman–Crippen MR) is 53.1 cm³/mol. The Morgan fingerprint density at radius 3 is 2.27 bits per heavy atom. The Morgan fingerprint density at radius 1 is 1.27 bits per heavy atom. The number of carboxylic acid groups (broad SMARTS) is 1. The van der Waals surface area contributed by atoms with E-state index in [9.17, 15) is 14.7 Å². The van der Waals surface area contributed by atoms with Crippen molar-refractivity contribution in [2.75, 3.05) is 0 Å². The van der Waals surface area contributed by atoms with Crippen LogP contribution in [-0.4, -0.2) is 27.9 Å². The quantitative estimate of drug-likeness (QED) is 0.382. The van der Waals surface area contributed by atoms with Crippen LogP contribution in [0.1, 0.15) is 46.0 Å². The molecule has 0 amide bonds. The molecule has 0 aromatic heterocycles. The van der Waals surface area contributed by atoms with Crippen molar-refractivity contribution in [2.24, 2.45) is 0 Å². The van der Waals surface area contributed by atoms with Gasteiger partial charge in [-0.1, -0.05) is 6.92 Å². The molecule has 0 aliphatic heterocycles. The van der Waals surface area contributed by atoms with E-state index in [2.05, 4.69) is 0 Å². The summed E-state index contributed by atoms with van der Waals surface area (Å²) in [7, 11) is 0. The molecule has 0 aromatic rings. The fraction of sp³-hybridized carbons (Fsp3) is 0.800. The highest BCUT2D eigenvalue weighted by Crippen LogP contribution is 2.12. The van der Waals surface area contributed by atoms with Crippen LogP contribution >= 0.6 is 0 Å². The molecule has 0 spiro atoms. The fourth-order valence-corrected chi connectivity index (χ4v) is 0.914. The van der Waals surface area contributed by atoms with Gasteiger partial charge in [0.15, 0.2) is 0 Å². The van der Waals surface area contributed by atoms with Crippen molar-refractivity contribution in [3.8, 4) is 0 Å². The number of carboxylic acids is 1. The minimum atomic E-state index is -1.41. The molecule has 0 bridgehead atoms. The molecule has 5 heteroatoms. The number of rotatable bonds is 7. The number of ether oxygens (including phenoxy) is 1. The number of aliphatic carboxylic acids is 1. The minimum absolute atomic E-state index is 0.0530. The van der Waals surface area contributed by atoms with E-state index < -0.39 is 17.7 Å². The van der Waals surface area contributed by atoms with Crippen molar-refractivity contribution < 1.29 is 24.5 Å². The summed E-state index contributed by atoms with van der Waals surface area (Å²) in [4.78, 5) is 21.3. The zero-order chi connectivity index (χ0) is 11.9. The van der Waals surface area contributed by atoms with Crippen molar-refractivity contribution in [1.29, 1.82) is 0 Å². The van der Waals surface area contributed by atoms with Gasteiger partial charge < -0.3 is 14.9 Å². The van der Waals surface area contributed by atoms with E-state index in [1.54, 1.807) is 6.92 Å². The number of aliphatic hydroxyl groups is 1. The maximum Gasteiger partial charge on any atom is 0.308 e. The van der Waals surface area contributed by atoms with Crippen molar-refractivity contribution in [3.05, 3.63) is 0 Å². The number of esters is 1. The van der Waals surface area contributed by atoms with E-state index >= 15 is 0 Å². The number of hydrogen-bond acceptors (Lipinski definition) is 4. The van der Waals surface area contributed by atoms with Crippen LogP contribution in [0, 0.1) is 0 Å². The number of unbranched alkanes of at least 4 members (excludes halogenated alkanes) is 1. The predicted octanol–water partition coefficient (Wildman–Crippen LogP) is 1.29. The van der Waals surface area contributed by atoms with Crippen molar-refractivity contribution >= 4 is 11.9 Å². The second kappa shape index (κ2) is 6.40. The molecule has 0 rings (SSSR count). The molecule has 1 atom stereocenters. The Hall–Kier alpha value is -1.10. The van der Waals surface area contributed by atoms with Crippen LogP contribution in [0.4, 0.5) is 0 Å². The van der Waals surface area contributed by atoms with Gasteiger partial charge in [-0.3, -0.25) is 9.59 Å². The molecule has 5 nitrogen and oxygen atoms in total. The molecule has 0 saturated carbocycles. The first-order chi connectivity index (χ1) is 6.87. The van der Waals surface area contributed by atoms with Gasteiger partial charge in [-0.05, 0) is 12.8 Å². The first-order valence-corrected chi connectivity index (χ1v) is 5.03. The van der Waals surface area contributed by atoms with Gasteiger partial charge >= 0.3 is 11.9 Å². The monoisotopic (exact) mass is 218 g/mol. The number of hydrogen-bond donors (Lipinski definition) is 2. The average Bonchev–Trinajstić information content (AvgIpc) is 2.11. The number of carbonyl (C=O) groups excluding carboxylic acids is 1. The Morgan fingerprint density at radius 2 is 1.80 bits per heavy atom. The van der Waals surface area contributed by atoms with E-state index in [1.165, 1.54) is 6.92 Å². The molecular formula is C10H18O5. The summed E-state index contributed by atoms with van der Waals surface area (Å²) in [6.45, 7) is 3.12. The summed E-state index contributed by atoms with van der Waals surface area (Å²) in [5, 5.41) is 17.7. The minimum Gasteiger partial charge on any atom is -0.481 e. The van der Waals surface area contributed by atoms with Crippen molar-refractivity contribution in [3.63, 3.8) is 0 Å². The summed E-state index contributed by atoms with van der Waals surface area (Å²) in [6, 6.07) is 0. The zero-order valence-electron chi connectivity index (χ0n) is 9.15.